The molecule has 2 heterocycles. The van der Waals surface area contributed by atoms with E-state index in [1.54, 1.807) is 0 Å². The van der Waals surface area contributed by atoms with Gasteiger partial charge < -0.3 is 4.90 Å². The number of ketones is 1. The standard InChI is InChI=1S/C10H15NO/c12-10-5-3-7-11-6-2-1-4-9(11)8-10/h8H,1-7H2. The molecule has 0 radical (unpaired) electrons. The Morgan fingerprint density at radius 2 is 1.92 bits per heavy atom. The van der Waals surface area contributed by atoms with Gasteiger partial charge in [-0.05, 0) is 25.7 Å². The van der Waals surface area contributed by atoms with Crippen LogP contribution in [0.15, 0.2) is 11.8 Å². The summed E-state index contributed by atoms with van der Waals surface area (Å²) < 4.78 is 0. The molecule has 0 spiro atoms. The number of hydrogen-bond donors (Lipinski definition) is 0. The van der Waals surface area contributed by atoms with Crippen LogP contribution >= 0.6 is 0 Å². The Morgan fingerprint density at radius 3 is 2.83 bits per heavy atom. The third kappa shape index (κ3) is 1.52. The molecule has 2 heteroatoms. The van der Waals surface area contributed by atoms with E-state index in [0.717, 1.165) is 25.8 Å². The van der Waals surface area contributed by atoms with E-state index in [4.69, 9.17) is 0 Å². The van der Waals surface area contributed by atoms with Gasteiger partial charge in [0.2, 0.25) is 0 Å². The fourth-order valence-corrected chi connectivity index (χ4v) is 2.03. The second-order valence-electron chi connectivity index (χ2n) is 3.65. The summed E-state index contributed by atoms with van der Waals surface area (Å²) in [7, 11) is 0. The van der Waals surface area contributed by atoms with Crippen molar-refractivity contribution in [2.24, 2.45) is 0 Å². The largest absolute Gasteiger partial charge is 0.375 e. The van der Waals surface area contributed by atoms with Gasteiger partial charge in [0.1, 0.15) is 0 Å². The van der Waals surface area contributed by atoms with E-state index in [0.29, 0.717) is 5.78 Å². The Balaban J connectivity index is 2.15. The topological polar surface area (TPSA) is 20.3 Å². The van der Waals surface area contributed by atoms with E-state index < -0.39 is 0 Å². The molecule has 0 bridgehead atoms. The molecule has 66 valence electrons. The maximum Gasteiger partial charge on any atom is 0.157 e. The normalized spacial score (nSPS) is 24.5. The van der Waals surface area contributed by atoms with Crippen molar-refractivity contribution in [1.82, 2.24) is 4.90 Å². The van der Waals surface area contributed by atoms with Crippen LogP contribution in [0.25, 0.3) is 0 Å². The summed E-state index contributed by atoms with van der Waals surface area (Å²) in [5.41, 5.74) is 1.30. The molecule has 0 aromatic rings. The molecule has 2 nitrogen and oxygen atoms in total. The minimum Gasteiger partial charge on any atom is -0.375 e. The van der Waals surface area contributed by atoms with E-state index >= 15 is 0 Å². The van der Waals surface area contributed by atoms with E-state index in [1.165, 1.54) is 25.1 Å². The summed E-state index contributed by atoms with van der Waals surface area (Å²) in [5.74, 6) is 0.328. The average Bonchev–Trinajstić information content (AvgIpc) is 2.25. The molecule has 0 aromatic carbocycles. The predicted octanol–water partition coefficient (Wildman–Crippen LogP) is 1.72. The molecule has 0 aromatic heterocycles. The number of fused-ring (bicyclic) bond motifs is 1. The quantitative estimate of drug-likeness (QED) is 0.544. The lowest BCUT2D eigenvalue weighted by molar-refractivity contribution is -0.114. The molecular weight excluding hydrogens is 150 g/mol. The molecule has 2 aliphatic heterocycles. The number of allylic oxidation sites excluding steroid dienone is 2. The van der Waals surface area contributed by atoms with Crippen LogP contribution in [0.5, 0.6) is 0 Å². The summed E-state index contributed by atoms with van der Waals surface area (Å²) in [5, 5.41) is 0. The second kappa shape index (κ2) is 3.30. The Hall–Kier alpha value is -0.790. The Labute approximate surface area is 73.2 Å². The maximum atomic E-state index is 11.2. The zero-order chi connectivity index (χ0) is 8.39. The average molecular weight is 165 g/mol. The van der Waals surface area contributed by atoms with E-state index in [2.05, 4.69) is 4.90 Å². The summed E-state index contributed by atoms with van der Waals surface area (Å²) in [6, 6.07) is 0. The third-order valence-corrected chi connectivity index (χ3v) is 2.70. The lowest BCUT2D eigenvalue weighted by atomic mass is 10.1. The highest BCUT2D eigenvalue weighted by molar-refractivity contribution is 5.90. The zero-order valence-electron chi connectivity index (χ0n) is 7.38. The van der Waals surface area contributed by atoms with Gasteiger partial charge in [0, 0.05) is 31.3 Å². The SMILES string of the molecule is O=C1C=C2CCCCN2CCC1. The van der Waals surface area contributed by atoms with Gasteiger partial charge in [0.15, 0.2) is 5.78 Å². The minimum atomic E-state index is 0.328. The molecule has 0 amide bonds. The van der Waals surface area contributed by atoms with Crippen molar-refractivity contribution in [1.29, 1.82) is 0 Å². The van der Waals surface area contributed by atoms with Crippen molar-refractivity contribution in [3.8, 4) is 0 Å². The summed E-state index contributed by atoms with van der Waals surface area (Å²) in [6.45, 7) is 2.26. The van der Waals surface area contributed by atoms with Crippen LogP contribution in [0.2, 0.25) is 0 Å². The number of nitrogens with zero attached hydrogens (tertiary/aromatic N) is 1. The molecule has 2 aliphatic rings. The van der Waals surface area contributed by atoms with Crippen molar-refractivity contribution < 1.29 is 4.79 Å². The van der Waals surface area contributed by atoms with Crippen LogP contribution in [0.3, 0.4) is 0 Å². The lowest BCUT2D eigenvalue weighted by Gasteiger charge is -2.30. The molecule has 0 atom stereocenters. The molecule has 1 saturated heterocycles. The van der Waals surface area contributed by atoms with Gasteiger partial charge in [-0.1, -0.05) is 0 Å². The van der Waals surface area contributed by atoms with Crippen molar-refractivity contribution >= 4 is 5.78 Å². The predicted molar refractivity (Wildman–Crippen MR) is 47.7 cm³/mol. The maximum absolute atomic E-state index is 11.2. The first-order valence-electron chi connectivity index (χ1n) is 4.84. The molecule has 0 unspecified atom stereocenters. The van der Waals surface area contributed by atoms with E-state index in [-0.39, 0.29) is 0 Å². The van der Waals surface area contributed by atoms with Crippen molar-refractivity contribution in [3.05, 3.63) is 11.8 Å². The zero-order valence-corrected chi connectivity index (χ0v) is 7.38. The number of carbonyl (C=O) groups excluding carboxylic acids is 1. The van der Waals surface area contributed by atoms with Crippen LogP contribution in [-0.4, -0.2) is 23.8 Å². The summed E-state index contributed by atoms with van der Waals surface area (Å²) in [6.07, 6.45) is 7.33. The number of hydrogen-bond acceptors (Lipinski definition) is 2. The van der Waals surface area contributed by atoms with Gasteiger partial charge in [-0.15, -0.1) is 0 Å². The Morgan fingerprint density at radius 1 is 1.08 bits per heavy atom. The van der Waals surface area contributed by atoms with Gasteiger partial charge in [-0.2, -0.15) is 0 Å². The van der Waals surface area contributed by atoms with Gasteiger partial charge in [0.25, 0.3) is 0 Å². The third-order valence-electron chi connectivity index (χ3n) is 2.70. The van der Waals surface area contributed by atoms with Crippen LogP contribution in [0.4, 0.5) is 0 Å². The van der Waals surface area contributed by atoms with Crippen LogP contribution in [0, 0.1) is 0 Å². The van der Waals surface area contributed by atoms with Crippen LogP contribution in [0.1, 0.15) is 32.1 Å². The molecule has 0 saturated carbocycles. The molecule has 0 aliphatic carbocycles. The molecule has 0 N–H and O–H groups in total. The molecule has 2 rings (SSSR count). The first-order valence-corrected chi connectivity index (χ1v) is 4.84. The van der Waals surface area contributed by atoms with Crippen LogP contribution in [-0.2, 0) is 4.79 Å². The minimum absolute atomic E-state index is 0.328. The molecular formula is C10H15NO. The van der Waals surface area contributed by atoms with Crippen molar-refractivity contribution in [2.45, 2.75) is 32.1 Å². The molecule has 1 fully saturated rings. The summed E-state index contributed by atoms with van der Waals surface area (Å²) in [4.78, 5) is 13.6. The first-order chi connectivity index (χ1) is 5.86. The van der Waals surface area contributed by atoms with Gasteiger partial charge >= 0.3 is 0 Å². The number of carbonyl (C=O) groups is 1. The smallest absolute Gasteiger partial charge is 0.157 e. The lowest BCUT2D eigenvalue weighted by Crippen LogP contribution is -2.27. The van der Waals surface area contributed by atoms with E-state index in [9.17, 15) is 4.79 Å². The van der Waals surface area contributed by atoms with Crippen molar-refractivity contribution in [3.63, 3.8) is 0 Å². The number of rotatable bonds is 0. The fourth-order valence-electron chi connectivity index (χ4n) is 2.03. The van der Waals surface area contributed by atoms with Crippen molar-refractivity contribution in [2.75, 3.05) is 13.1 Å². The van der Waals surface area contributed by atoms with E-state index in [1.807, 2.05) is 6.08 Å². The Kier molecular flexibility index (Phi) is 2.15. The fraction of sp³-hybridized carbons (Fsp3) is 0.700. The van der Waals surface area contributed by atoms with Crippen LogP contribution < -0.4 is 0 Å². The highest BCUT2D eigenvalue weighted by Gasteiger charge is 2.18. The molecule has 12 heavy (non-hydrogen) atoms. The summed E-state index contributed by atoms with van der Waals surface area (Å²) >= 11 is 0. The first kappa shape index (κ1) is 7.84. The van der Waals surface area contributed by atoms with Gasteiger partial charge in [0.05, 0.1) is 0 Å². The van der Waals surface area contributed by atoms with Gasteiger partial charge in [-0.3, -0.25) is 4.79 Å². The second-order valence-corrected chi connectivity index (χ2v) is 3.65. The van der Waals surface area contributed by atoms with Gasteiger partial charge in [-0.25, -0.2) is 0 Å². The highest BCUT2D eigenvalue weighted by Crippen LogP contribution is 2.23. The highest BCUT2D eigenvalue weighted by atomic mass is 16.1. The monoisotopic (exact) mass is 165 g/mol. The number of piperidine rings is 1. The Bertz CT molecular complexity index is 220.